The van der Waals surface area contributed by atoms with E-state index in [1.54, 1.807) is 0 Å². The van der Waals surface area contributed by atoms with Gasteiger partial charge in [-0.15, -0.1) is 0 Å². The topological polar surface area (TPSA) is 135 Å². The van der Waals surface area contributed by atoms with Gasteiger partial charge in [0.25, 0.3) is 0 Å². The summed E-state index contributed by atoms with van der Waals surface area (Å²) in [5, 5.41) is 17.4. The average molecular weight is 274 g/mol. The van der Waals surface area contributed by atoms with Crippen molar-refractivity contribution in [1.29, 1.82) is 0 Å². The number of ether oxygens (including phenoxy) is 1. The second-order valence-corrected chi connectivity index (χ2v) is 3.83. The highest BCUT2D eigenvalue weighted by Gasteiger charge is 2.55. The largest absolute Gasteiger partial charge is 0.393 e. The van der Waals surface area contributed by atoms with E-state index in [9.17, 15) is 24.0 Å². The van der Waals surface area contributed by atoms with E-state index >= 15 is 0 Å². The molecule has 106 valence electrons. The maximum atomic E-state index is 11.7. The van der Waals surface area contributed by atoms with E-state index in [0.29, 0.717) is 0 Å². The lowest BCUT2D eigenvalue weighted by molar-refractivity contribution is -0.176. The van der Waals surface area contributed by atoms with Crippen molar-refractivity contribution in [2.24, 2.45) is 5.41 Å². The van der Waals surface area contributed by atoms with Gasteiger partial charge in [0.2, 0.25) is 5.41 Å². The summed E-state index contributed by atoms with van der Waals surface area (Å²) in [5.41, 5.74) is -2.72. The molecule has 0 spiro atoms. The summed E-state index contributed by atoms with van der Waals surface area (Å²) in [6.07, 6.45) is -2.01. The Morgan fingerprint density at radius 2 is 1.37 bits per heavy atom. The van der Waals surface area contributed by atoms with Crippen LogP contribution in [0.4, 0.5) is 0 Å². The molecule has 0 rings (SSSR count). The first-order valence-corrected chi connectivity index (χ1v) is 5.20. The number of carbonyl (C=O) groups is 5. The van der Waals surface area contributed by atoms with Gasteiger partial charge in [-0.1, -0.05) is 0 Å². The highest BCUT2D eigenvalue weighted by Crippen LogP contribution is 2.24. The molecule has 1 unspecified atom stereocenters. The molecule has 0 amide bonds. The van der Waals surface area contributed by atoms with Gasteiger partial charge >= 0.3 is 11.9 Å². The second-order valence-electron chi connectivity index (χ2n) is 3.83. The van der Waals surface area contributed by atoms with Crippen molar-refractivity contribution < 1.29 is 38.9 Å². The molecule has 8 heteroatoms. The first kappa shape index (κ1) is 17.1. The first-order chi connectivity index (χ1) is 8.62. The van der Waals surface area contributed by atoms with Crippen LogP contribution >= 0.6 is 0 Å². The van der Waals surface area contributed by atoms with E-state index in [2.05, 4.69) is 4.74 Å². The third-order valence-electron chi connectivity index (χ3n) is 2.53. The maximum absolute atomic E-state index is 11.7. The van der Waals surface area contributed by atoms with Crippen LogP contribution in [0.3, 0.4) is 0 Å². The van der Waals surface area contributed by atoms with Crippen LogP contribution in [0, 0.1) is 5.41 Å². The molecular formula is C11H14O8. The number of aliphatic hydroxyl groups is 2. The monoisotopic (exact) mass is 274 g/mol. The van der Waals surface area contributed by atoms with Crippen molar-refractivity contribution >= 4 is 29.3 Å². The summed E-state index contributed by atoms with van der Waals surface area (Å²) >= 11 is 0. The lowest BCUT2D eigenvalue weighted by Crippen LogP contribution is -2.52. The third-order valence-corrected chi connectivity index (χ3v) is 2.53. The molecule has 2 N–H and O–H groups in total. The van der Waals surface area contributed by atoms with Gasteiger partial charge in [0, 0.05) is 0 Å². The lowest BCUT2D eigenvalue weighted by Gasteiger charge is -2.22. The predicted octanol–water partition coefficient (Wildman–Crippen LogP) is -1.84. The average Bonchev–Trinajstić information content (AvgIpc) is 2.26. The molecule has 0 aromatic rings. The Labute approximate surface area is 108 Å². The molecule has 8 nitrogen and oxygen atoms in total. The van der Waals surface area contributed by atoms with Gasteiger partial charge in [-0.2, -0.15) is 0 Å². The van der Waals surface area contributed by atoms with Gasteiger partial charge in [-0.25, -0.2) is 9.59 Å². The Bertz CT molecular complexity index is 400. The summed E-state index contributed by atoms with van der Waals surface area (Å²) in [5.74, 6) is -6.52. The van der Waals surface area contributed by atoms with Crippen LogP contribution in [0.1, 0.15) is 20.8 Å². The Balaban J connectivity index is 5.49. The van der Waals surface area contributed by atoms with Crippen molar-refractivity contribution in [2.75, 3.05) is 6.61 Å². The summed E-state index contributed by atoms with van der Waals surface area (Å²) in [7, 11) is 0. The van der Waals surface area contributed by atoms with Crippen molar-refractivity contribution in [1.82, 2.24) is 0 Å². The van der Waals surface area contributed by atoms with Gasteiger partial charge < -0.3 is 14.9 Å². The molecule has 0 aromatic heterocycles. The smallest absolute Gasteiger partial charge is 0.345 e. The van der Waals surface area contributed by atoms with E-state index in [0.717, 1.165) is 20.8 Å². The number of esters is 2. The fourth-order valence-corrected chi connectivity index (χ4v) is 1.49. The maximum Gasteiger partial charge on any atom is 0.345 e. The zero-order valence-electron chi connectivity index (χ0n) is 10.6. The minimum absolute atomic E-state index is 0.830. The molecule has 0 fully saturated rings. The zero-order valence-corrected chi connectivity index (χ0v) is 10.6. The zero-order chi connectivity index (χ0) is 15.4. The van der Waals surface area contributed by atoms with E-state index in [4.69, 9.17) is 10.2 Å². The highest BCUT2D eigenvalue weighted by molar-refractivity contribution is 6.36. The SMILES string of the molecule is CC(=O)C(C(C)=O)(C(C)=O)C(=O)OC(=O)C(O)CO. The quantitative estimate of drug-likeness (QED) is 0.426. The first-order valence-electron chi connectivity index (χ1n) is 5.20. The summed E-state index contributed by atoms with van der Waals surface area (Å²) < 4.78 is 4.10. The molecule has 1 atom stereocenters. The van der Waals surface area contributed by atoms with Gasteiger partial charge in [-0.05, 0) is 20.8 Å². The number of aliphatic hydroxyl groups excluding tert-OH is 2. The molecule has 0 bridgehead atoms. The standard InChI is InChI=1S/C11H14O8/c1-5(13)11(6(2)14,7(3)15)10(18)19-9(17)8(16)4-12/h8,12,16H,4H2,1-3H3. The van der Waals surface area contributed by atoms with Crippen LogP contribution in [0.25, 0.3) is 0 Å². The van der Waals surface area contributed by atoms with Gasteiger partial charge in [0.1, 0.15) is 0 Å². The lowest BCUT2D eigenvalue weighted by atomic mass is 9.77. The Hall–Kier alpha value is -1.93. The van der Waals surface area contributed by atoms with Crippen LogP contribution in [-0.2, 0) is 28.7 Å². The van der Waals surface area contributed by atoms with Crippen molar-refractivity contribution in [3.05, 3.63) is 0 Å². The van der Waals surface area contributed by atoms with Gasteiger partial charge in [0.15, 0.2) is 23.5 Å². The minimum atomic E-state index is -2.72. The molecular weight excluding hydrogens is 260 g/mol. The molecule has 0 aromatic carbocycles. The van der Waals surface area contributed by atoms with Crippen molar-refractivity contribution in [3.8, 4) is 0 Å². The molecule has 0 saturated carbocycles. The van der Waals surface area contributed by atoms with Crippen molar-refractivity contribution in [3.63, 3.8) is 0 Å². The van der Waals surface area contributed by atoms with Crippen molar-refractivity contribution in [2.45, 2.75) is 26.9 Å². The van der Waals surface area contributed by atoms with E-state index in [-0.39, 0.29) is 0 Å². The van der Waals surface area contributed by atoms with Crippen LogP contribution in [0.5, 0.6) is 0 Å². The van der Waals surface area contributed by atoms with Crippen LogP contribution in [0.2, 0.25) is 0 Å². The normalized spacial score (nSPS) is 12.5. The van der Waals surface area contributed by atoms with E-state index in [1.807, 2.05) is 0 Å². The summed E-state index contributed by atoms with van der Waals surface area (Å²) in [4.78, 5) is 57.2. The fraction of sp³-hybridized carbons (Fsp3) is 0.545. The Kier molecular flexibility index (Phi) is 5.66. The molecule has 0 saturated heterocycles. The second kappa shape index (κ2) is 6.30. The number of Topliss-reactive ketones (excluding diaryl/α,β-unsaturated/α-hetero) is 3. The highest BCUT2D eigenvalue weighted by atomic mass is 16.6. The summed E-state index contributed by atoms with van der Waals surface area (Å²) in [6, 6.07) is 0. The van der Waals surface area contributed by atoms with E-state index in [1.165, 1.54) is 0 Å². The van der Waals surface area contributed by atoms with Gasteiger partial charge in [0.05, 0.1) is 6.61 Å². The van der Waals surface area contributed by atoms with Gasteiger partial charge in [-0.3, -0.25) is 14.4 Å². The number of hydrogen-bond donors (Lipinski definition) is 2. The van der Waals surface area contributed by atoms with Crippen LogP contribution < -0.4 is 0 Å². The van der Waals surface area contributed by atoms with E-state index < -0.39 is 47.4 Å². The molecule has 0 radical (unpaired) electrons. The third kappa shape index (κ3) is 3.09. The molecule has 0 aliphatic carbocycles. The van der Waals surface area contributed by atoms with Crippen LogP contribution in [0.15, 0.2) is 0 Å². The number of carbonyl (C=O) groups excluding carboxylic acids is 5. The molecule has 0 heterocycles. The number of ketones is 3. The Morgan fingerprint density at radius 3 is 1.63 bits per heavy atom. The molecule has 0 aliphatic rings. The number of rotatable bonds is 6. The molecule has 0 aliphatic heterocycles. The summed E-state index contributed by atoms with van der Waals surface area (Å²) in [6.45, 7) is 1.48. The Morgan fingerprint density at radius 1 is 1.00 bits per heavy atom. The molecule has 19 heavy (non-hydrogen) atoms. The minimum Gasteiger partial charge on any atom is -0.393 e. The number of hydrogen-bond acceptors (Lipinski definition) is 8. The fourth-order valence-electron chi connectivity index (χ4n) is 1.49. The predicted molar refractivity (Wildman–Crippen MR) is 58.7 cm³/mol. The van der Waals surface area contributed by atoms with Crippen LogP contribution in [-0.4, -0.2) is 52.2 Å².